The highest BCUT2D eigenvalue weighted by molar-refractivity contribution is 7.90. The Morgan fingerprint density at radius 2 is 0.969 bits per heavy atom. The average Bonchev–Trinajstić information content (AvgIpc) is 3.39. The van der Waals surface area contributed by atoms with Crippen LogP contribution in [0.15, 0.2) is 24.8 Å². The Labute approximate surface area is 185 Å². The van der Waals surface area contributed by atoms with Gasteiger partial charge in [0.25, 0.3) is 0 Å². The lowest BCUT2D eigenvalue weighted by Gasteiger charge is -2.15. The fourth-order valence-corrected chi connectivity index (χ4v) is 6.68. The molecule has 2 saturated carbocycles. The molecule has 2 aromatic heterocycles. The van der Waals surface area contributed by atoms with Crippen molar-refractivity contribution in [1.29, 1.82) is 0 Å². The summed E-state index contributed by atoms with van der Waals surface area (Å²) in [5.41, 5.74) is 0. The second-order valence-corrected chi connectivity index (χ2v) is 11.4. The van der Waals surface area contributed by atoms with Gasteiger partial charge in [0.05, 0.1) is 35.3 Å². The molecular formula is C18H24F2N6O4S2. The van der Waals surface area contributed by atoms with Crippen LogP contribution < -0.4 is 10.3 Å². The topological polar surface area (TPSA) is 172 Å². The van der Waals surface area contributed by atoms with Gasteiger partial charge in [0.15, 0.2) is 11.6 Å². The van der Waals surface area contributed by atoms with Crippen molar-refractivity contribution in [3.63, 3.8) is 0 Å². The first-order chi connectivity index (χ1) is 15.0. The molecule has 176 valence electrons. The molecule has 0 bridgehead atoms. The largest absolute Gasteiger partial charge is 0.238 e. The number of primary sulfonamides is 2. The van der Waals surface area contributed by atoms with E-state index in [4.69, 9.17) is 10.3 Å². The van der Waals surface area contributed by atoms with Crippen LogP contribution in [0.4, 0.5) is 8.78 Å². The summed E-state index contributed by atoms with van der Waals surface area (Å²) >= 11 is 0. The quantitative estimate of drug-likeness (QED) is 0.640. The fraction of sp³-hybridized carbons (Fsp3) is 0.556. The Hall–Kier alpha value is -2.16. The molecule has 0 aliphatic heterocycles. The van der Waals surface area contributed by atoms with E-state index in [9.17, 15) is 25.6 Å². The maximum Gasteiger partial charge on any atom is 0.212 e. The summed E-state index contributed by atoms with van der Waals surface area (Å²) in [7, 11) is -7.17. The van der Waals surface area contributed by atoms with Crippen molar-refractivity contribution in [1.82, 2.24) is 19.9 Å². The van der Waals surface area contributed by atoms with Gasteiger partial charge in [-0.25, -0.2) is 55.8 Å². The fourth-order valence-electron chi connectivity index (χ4n) is 4.26. The molecular weight excluding hydrogens is 466 g/mol. The van der Waals surface area contributed by atoms with E-state index in [-0.39, 0.29) is 11.8 Å². The molecule has 2 fully saturated rings. The Morgan fingerprint density at radius 3 is 1.25 bits per heavy atom. The van der Waals surface area contributed by atoms with Gasteiger partial charge in [-0.1, -0.05) is 12.8 Å². The number of nitrogens with zero attached hydrogens (tertiary/aromatic N) is 4. The lowest BCUT2D eigenvalue weighted by atomic mass is 10.1. The number of nitrogens with two attached hydrogens (primary N) is 2. The summed E-state index contributed by atoms with van der Waals surface area (Å²) in [6.07, 6.45) is 8.09. The summed E-state index contributed by atoms with van der Waals surface area (Å²) in [5, 5.41) is 9.00. The molecule has 0 unspecified atom stereocenters. The molecule has 0 saturated heterocycles. The number of hydrogen-bond donors (Lipinski definition) is 2. The van der Waals surface area contributed by atoms with Crippen LogP contribution in [-0.4, -0.2) is 47.3 Å². The maximum absolute atomic E-state index is 12.6. The summed E-state index contributed by atoms with van der Waals surface area (Å²) in [4.78, 5) is 15.3. The first-order valence-corrected chi connectivity index (χ1v) is 13.2. The zero-order chi connectivity index (χ0) is 23.5. The Morgan fingerprint density at radius 1 is 0.656 bits per heavy atom. The van der Waals surface area contributed by atoms with Crippen molar-refractivity contribution in [3.05, 3.63) is 48.1 Å². The standard InChI is InChI=1S/2C9H12FN3O2S/c2*10-6-4-12-9(13-5-6)7-2-1-3-8(7)16(11,14)15/h2*4-5,7-8H,1-3H2,(H2,11,14,15)/t2*7-,8-/m10/s1. The third kappa shape index (κ3) is 5.99. The van der Waals surface area contributed by atoms with Gasteiger partial charge in [-0.05, 0) is 25.7 Å². The molecule has 0 aromatic carbocycles. The molecule has 0 spiro atoms. The van der Waals surface area contributed by atoms with Gasteiger partial charge < -0.3 is 0 Å². The minimum atomic E-state index is -3.58. The molecule has 2 aliphatic carbocycles. The molecule has 0 radical (unpaired) electrons. The number of aromatic nitrogens is 4. The van der Waals surface area contributed by atoms with Gasteiger partial charge in [0.2, 0.25) is 20.0 Å². The highest BCUT2D eigenvalue weighted by Crippen LogP contribution is 2.37. The van der Waals surface area contributed by atoms with E-state index in [1.165, 1.54) is 0 Å². The Kier molecular flexibility index (Phi) is 7.47. The van der Waals surface area contributed by atoms with E-state index in [0.29, 0.717) is 37.3 Å². The molecule has 2 aromatic rings. The molecule has 14 heteroatoms. The number of sulfonamides is 2. The van der Waals surface area contributed by atoms with E-state index < -0.39 is 42.2 Å². The first-order valence-electron chi connectivity index (χ1n) is 9.95. The lowest BCUT2D eigenvalue weighted by molar-refractivity contribution is 0.558. The van der Waals surface area contributed by atoms with Crippen LogP contribution in [0, 0.1) is 11.6 Å². The summed E-state index contributed by atoms with van der Waals surface area (Å²) in [6, 6.07) is 0. The van der Waals surface area contributed by atoms with Crippen molar-refractivity contribution < 1.29 is 25.6 Å². The number of hydrogen-bond acceptors (Lipinski definition) is 8. The highest BCUT2D eigenvalue weighted by Gasteiger charge is 2.38. The van der Waals surface area contributed by atoms with Gasteiger partial charge in [0, 0.05) is 11.8 Å². The SMILES string of the molecule is NS(=O)(=O)[C@@H]1CCC[C@H]1c1ncc(F)cn1.NS(=O)(=O)[C@H]1CCC[C@@H]1c1ncc(F)cn1. The molecule has 2 heterocycles. The molecule has 32 heavy (non-hydrogen) atoms. The summed E-state index contributed by atoms with van der Waals surface area (Å²) in [5.74, 6) is -0.968. The lowest BCUT2D eigenvalue weighted by Crippen LogP contribution is -2.31. The summed E-state index contributed by atoms with van der Waals surface area (Å²) < 4.78 is 70.6. The van der Waals surface area contributed by atoms with Crippen LogP contribution in [0.3, 0.4) is 0 Å². The third-order valence-corrected chi connectivity index (χ3v) is 8.51. The summed E-state index contributed by atoms with van der Waals surface area (Å²) in [6.45, 7) is 0. The van der Waals surface area contributed by atoms with Gasteiger partial charge in [-0.2, -0.15) is 0 Å². The van der Waals surface area contributed by atoms with Crippen LogP contribution >= 0.6 is 0 Å². The van der Waals surface area contributed by atoms with Gasteiger partial charge in [-0.15, -0.1) is 0 Å². The zero-order valence-electron chi connectivity index (χ0n) is 17.0. The van der Waals surface area contributed by atoms with Crippen LogP contribution in [0.2, 0.25) is 0 Å². The minimum absolute atomic E-state index is 0.310. The smallest absolute Gasteiger partial charge is 0.212 e. The zero-order valence-corrected chi connectivity index (χ0v) is 18.6. The van der Waals surface area contributed by atoms with Crippen molar-refractivity contribution in [3.8, 4) is 0 Å². The van der Waals surface area contributed by atoms with Crippen LogP contribution in [-0.2, 0) is 20.0 Å². The molecule has 4 atom stereocenters. The van der Waals surface area contributed by atoms with E-state index >= 15 is 0 Å². The van der Waals surface area contributed by atoms with Crippen molar-refractivity contribution >= 4 is 20.0 Å². The van der Waals surface area contributed by atoms with Crippen molar-refractivity contribution in [2.75, 3.05) is 0 Å². The van der Waals surface area contributed by atoms with Gasteiger partial charge in [-0.3, -0.25) is 0 Å². The number of rotatable bonds is 4. The maximum atomic E-state index is 12.6. The van der Waals surface area contributed by atoms with E-state index in [1.54, 1.807) is 0 Å². The Balaban J connectivity index is 0.000000181. The van der Waals surface area contributed by atoms with Crippen molar-refractivity contribution in [2.24, 2.45) is 10.3 Å². The van der Waals surface area contributed by atoms with E-state index in [1.807, 2.05) is 0 Å². The molecule has 0 amide bonds. The second-order valence-electron chi connectivity index (χ2n) is 7.85. The van der Waals surface area contributed by atoms with Crippen LogP contribution in [0.5, 0.6) is 0 Å². The highest BCUT2D eigenvalue weighted by atomic mass is 32.2. The minimum Gasteiger partial charge on any atom is -0.238 e. The van der Waals surface area contributed by atoms with Gasteiger partial charge >= 0.3 is 0 Å². The predicted octanol–water partition coefficient (Wildman–Crippen LogP) is 1.08. The first kappa shape index (κ1) is 24.5. The van der Waals surface area contributed by atoms with Gasteiger partial charge in [0.1, 0.15) is 11.6 Å². The molecule has 4 rings (SSSR count). The second kappa shape index (κ2) is 9.77. The van der Waals surface area contributed by atoms with Crippen LogP contribution in [0.25, 0.3) is 0 Å². The Bertz CT molecular complexity index is 1040. The third-order valence-electron chi connectivity index (χ3n) is 5.69. The van der Waals surface area contributed by atoms with E-state index in [0.717, 1.165) is 37.6 Å². The number of halogens is 2. The molecule has 4 N–H and O–H groups in total. The van der Waals surface area contributed by atoms with Crippen molar-refractivity contribution in [2.45, 2.75) is 60.9 Å². The molecule has 10 nitrogen and oxygen atoms in total. The monoisotopic (exact) mass is 490 g/mol. The normalized spacial score (nSPS) is 25.9. The average molecular weight is 491 g/mol. The molecule has 2 aliphatic rings. The predicted molar refractivity (Wildman–Crippen MR) is 111 cm³/mol. The van der Waals surface area contributed by atoms with E-state index in [2.05, 4.69) is 19.9 Å². The van der Waals surface area contributed by atoms with Crippen LogP contribution in [0.1, 0.15) is 62.0 Å².